The van der Waals surface area contributed by atoms with Gasteiger partial charge in [-0.25, -0.2) is 0 Å². The van der Waals surface area contributed by atoms with E-state index < -0.39 is 18.5 Å². The van der Waals surface area contributed by atoms with Gasteiger partial charge in [0.2, 0.25) is 5.91 Å². The number of carbonyl (C=O) groups is 1. The van der Waals surface area contributed by atoms with E-state index in [0.29, 0.717) is 19.5 Å². The molecule has 4 rings (SSSR count). The number of rotatable bonds is 2. The van der Waals surface area contributed by atoms with E-state index in [1.165, 1.54) is 4.90 Å². The van der Waals surface area contributed by atoms with Gasteiger partial charge in [-0.1, -0.05) is 6.08 Å². The van der Waals surface area contributed by atoms with E-state index in [1.54, 1.807) is 6.20 Å². The molecule has 1 fully saturated rings. The van der Waals surface area contributed by atoms with Crippen molar-refractivity contribution in [1.82, 2.24) is 9.88 Å². The van der Waals surface area contributed by atoms with E-state index in [9.17, 15) is 18.0 Å². The number of halogens is 3. The van der Waals surface area contributed by atoms with Crippen LogP contribution in [0.15, 0.2) is 17.3 Å². The van der Waals surface area contributed by atoms with Crippen LogP contribution in [0.25, 0.3) is 11.6 Å². The molecule has 2 aliphatic heterocycles. The van der Waals surface area contributed by atoms with Gasteiger partial charge in [0.05, 0.1) is 11.4 Å². The van der Waals surface area contributed by atoms with Gasteiger partial charge in [0.1, 0.15) is 6.42 Å². The van der Waals surface area contributed by atoms with Crippen LogP contribution in [0.3, 0.4) is 0 Å². The third-order valence-electron chi connectivity index (χ3n) is 4.92. The van der Waals surface area contributed by atoms with Gasteiger partial charge in [0.15, 0.2) is 0 Å². The highest BCUT2D eigenvalue weighted by Crippen LogP contribution is 2.29. The second-order valence-corrected chi connectivity index (χ2v) is 6.47. The Balaban J connectivity index is 1.62. The number of likely N-dealkylation sites (tertiary alicyclic amines) is 1. The molecule has 4 nitrogen and oxygen atoms in total. The molecule has 3 aliphatic rings. The maximum absolute atomic E-state index is 12.4. The first-order valence-electron chi connectivity index (χ1n) is 7.99. The molecule has 2 unspecified atom stereocenters. The first-order chi connectivity index (χ1) is 11.4. The smallest absolute Gasteiger partial charge is 0.342 e. The monoisotopic (exact) mass is 335 g/mol. The summed E-state index contributed by atoms with van der Waals surface area (Å²) in [7, 11) is 0. The van der Waals surface area contributed by atoms with Gasteiger partial charge in [-0.2, -0.15) is 13.2 Å². The largest absolute Gasteiger partial charge is 0.397 e. The number of amides is 1. The zero-order chi connectivity index (χ0) is 16.9. The number of aliphatic imine (C=N–C) groups is 1. The molecule has 0 spiro atoms. The third kappa shape index (κ3) is 2.61. The van der Waals surface area contributed by atoms with Crippen LogP contribution >= 0.6 is 0 Å². The Morgan fingerprint density at radius 3 is 2.92 bits per heavy atom. The van der Waals surface area contributed by atoms with Crippen molar-refractivity contribution in [3.63, 3.8) is 0 Å². The molecule has 0 bridgehead atoms. The molecular weight excluding hydrogens is 319 g/mol. The van der Waals surface area contributed by atoms with Gasteiger partial charge in [-0.05, 0) is 24.5 Å². The number of nitrogens with zero attached hydrogens (tertiary/aromatic N) is 3. The number of fused-ring (bicyclic) bond motifs is 2. The van der Waals surface area contributed by atoms with Crippen LogP contribution in [0.5, 0.6) is 0 Å². The van der Waals surface area contributed by atoms with E-state index in [-0.39, 0.29) is 12.0 Å². The average Bonchev–Trinajstić information content (AvgIpc) is 2.95. The molecule has 1 saturated heterocycles. The molecule has 1 aromatic heterocycles. The highest BCUT2D eigenvalue weighted by molar-refractivity contribution is 6.10. The van der Waals surface area contributed by atoms with Crippen LogP contribution in [0.4, 0.5) is 13.2 Å². The maximum Gasteiger partial charge on any atom is 0.397 e. The molecule has 0 radical (unpaired) electrons. The third-order valence-corrected chi connectivity index (χ3v) is 4.92. The highest BCUT2D eigenvalue weighted by Gasteiger charge is 2.37. The molecule has 7 heteroatoms. The van der Waals surface area contributed by atoms with Crippen LogP contribution in [0, 0.1) is 0 Å². The van der Waals surface area contributed by atoms with Crippen molar-refractivity contribution >= 4 is 23.8 Å². The fraction of sp³-hybridized carbons (Fsp3) is 0.471. The Bertz CT molecular complexity index is 844. The standard InChI is InChI=1S/C17H16F3N3O/c18-17(19,20)7-15(24)23-6-4-10(9-23)11-3-5-21-14-2-1-13-12(8-22-13)16(11)14/h2-3,5,8,10,13H,1,4,6-7,9H2. The van der Waals surface area contributed by atoms with Gasteiger partial charge in [-0.3, -0.25) is 14.8 Å². The minimum Gasteiger partial charge on any atom is -0.342 e. The van der Waals surface area contributed by atoms with Crippen molar-refractivity contribution in [1.29, 1.82) is 0 Å². The van der Waals surface area contributed by atoms with Crippen molar-refractivity contribution < 1.29 is 18.0 Å². The second-order valence-electron chi connectivity index (χ2n) is 6.47. The molecule has 2 atom stereocenters. The minimum absolute atomic E-state index is 0.0487. The summed E-state index contributed by atoms with van der Waals surface area (Å²) in [6.45, 7) is 0.702. The first kappa shape index (κ1) is 15.4. The van der Waals surface area contributed by atoms with Crippen LogP contribution < -0.4 is 10.6 Å². The van der Waals surface area contributed by atoms with Crippen molar-refractivity contribution in [2.45, 2.75) is 37.4 Å². The number of pyridine rings is 1. The summed E-state index contributed by atoms with van der Waals surface area (Å²) in [5.74, 6) is -0.789. The Morgan fingerprint density at radius 1 is 1.38 bits per heavy atom. The van der Waals surface area contributed by atoms with Crippen LogP contribution in [-0.2, 0) is 4.79 Å². The average molecular weight is 335 g/mol. The summed E-state index contributed by atoms with van der Waals surface area (Å²) in [5, 5.41) is 1.99. The van der Waals surface area contributed by atoms with E-state index in [4.69, 9.17) is 0 Å². The van der Waals surface area contributed by atoms with Gasteiger partial charge in [0, 0.05) is 42.2 Å². The lowest BCUT2D eigenvalue weighted by Gasteiger charge is -2.25. The summed E-state index contributed by atoms with van der Waals surface area (Å²) in [5.41, 5.74) is 2.24. The van der Waals surface area contributed by atoms with Gasteiger partial charge < -0.3 is 4.90 Å². The van der Waals surface area contributed by atoms with Crippen molar-refractivity contribution in [3.8, 4) is 0 Å². The van der Waals surface area contributed by atoms with E-state index in [2.05, 4.69) is 16.1 Å². The van der Waals surface area contributed by atoms with Gasteiger partial charge >= 0.3 is 6.18 Å². The molecule has 0 aromatic carbocycles. The molecule has 24 heavy (non-hydrogen) atoms. The lowest BCUT2D eigenvalue weighted by atomic mass is 9.87. The minimum atomic E-state index is -4.45. The quantitative estimate of drug-likeness (QED) is 0.814. The summed E-state index contributed by atoms with van der Waals surface area (Å²) < 4.78 is 37.3. The summed E-state index contributed by atoms with van der Waals surface area (Å²) >= 11 is 0. The Labute approximate surface area is 136 Å². The van der Waals surface area contributed by atoms with Crippen molar-refractivity contribution in [3.05, 3.63) is 28.4 Å². The van der Waals surface area contributed by atoms with Crippen molar-refractivity contribution in [2.75, 3.05) is 13.1 Å². The van der Waals surface area contributed by atoms with Crippen LogP contribution in [0.1, 0.15) is 30.7 Å². The Kier molecular flexibility index (Phi) is 3.47. The molecule has 0 N–H and O–H groups in total. The van der Waals surface area contributed by atoms with Gasteiger partial charge in [0.25, 0.3) is 0 Å². The van der Waals surface area contributed by atoms with E-state index in [1.807, 2.05) is 12.3 Å². The lowest BCUT2D eigenvalue weighted by Crippen LogP contribution is -2.43. The zero-order valence-corrected chi connectivity index (χ0v) is 12.9. The molecule has 126 valence electrons. The van der Waals surface area contributed by atoms with Gasteiger partial charge in [-0.15, -0.1) is 0 Å². The Morgan fingerprint density at radius 2 is 2.21 bits per heavy atom. The zero-order valence-electron chi connectivity index (χ0n) is 12.9. The highest BCUT2D eigenvalue weighted by atomic mass is 19.4. The van der Waals surface area contributed by atoms with Crippen LogP contribution in [-0.4, -0.2) is 47.3 Å². The molecule has 0 saturated carbocycles. The van der Waals surface area contributed by atoms with E-state index in [0.717, 1.165) is 28.1 Å². The molecule has 3 heterocycles. The number of aromatic nitrogens is 1. The number of hydrogen-bond donors (Lipinski definition) is 0. The molecular formula is C17H16F3N3O. The molecule has 1 aliphatic carbocycles. The summed E-state index contributed by atoms with van der Waals surface area (Å²) in [4.78, 5) is 21.9. The second kappa shape index (κ2) is 5.43. The molecule has 1 aromatic rings. The lowest BCUT2D eigenvalue weighted by molar-refractivity contribution is -0.160. The summed E-state index contributed by atoms with van der Waals surface area (Å²) in [6.07, 6.45) is 1.33. The summed E-state index contributed by atoms with van der Waals surface area (Å²) in [6, 6.07) is 2.11. The SMILES string of the molecule is O=C(CC(F)(F)F)N1CCC(c2ccnc3c2=C2C=NC2CC=3)C1. The number of hydrogen-bond acceptors (Lipinski definition) is 3. The topological polar surface area (TPSA) is 45.6 Å². The predicted molar refractivity (Wildman–Crippen MR) is 82.9 cm³/mol. The number of carbonyl (C=O) groups excluding carboxylic acids is 1. The fourth-order valence-electron chi connectivity index (χ4n) is 3.72. The van der Waals surface area contributed by atoms with Crippen molar-refractivity contribution in [2.24, 2.45) is 4.99 Å². The maximum atomic E-state index is 12.4. The number of alkyl halides is 3. The predicted octanol–water partition coefficient (Wildman–Crippen LogP) is 1.14. The van der Waals surface area contributed by atoms with E-state index >= 15 is 0 Å². The normalized spacial score (nSPS) is 25.0. The van der Waals surface area contributed by atoms with Crippen LogP contribution in [0.2, 0.25) is 0 Å². The molecule has 1 amide bonds. The Hall–Kier alpha value is -2.18. The fourth-order valence-corrected chi connectivity index (χ4v) is 3.72. The first-order valence-corrected chi connectivity index (χ1v) is 7.99.